The van der Waals surface area contributed by atoms with Crippen LogP contribution in [0.1, 0.15) is 49.9 Å². The summed E-state index contributed by atoms with van der Waals surface area (Å²) in [5.41, 5.74) is -0.0840. The second-order valence-corrected chi connectivity index (χ2v) is 5.09. The monoisotopic (exact) mass is 294 g/mol. The van der Waals surface area contributed by atoms with Gasteiger partial charge in [-0.1, -0.05) is 33.1 Å². The molecule has 6 heteroatoms. The van der Waals surface area contributed by atoms with Gasteiger partial charge in [-0.15, -0.1) is 0 Å². The van der Waals surface area contributed by atoms with E-state index in [9.17, 15) is 14.9 Å². The van der Waals surface area contributed by atoms with Crippen LogP contribution in [0.3, 0.4) is 0 Å². The molecule has 0 amide bonds. The standard InChI is InChI=1S/C15H22N2O4/c1-3-5-6-11(4-2)10-16-12-7-8-13(15(18)19)14(9-12)17(20)21/h7-9,11,16H,3-6,10H2,1-2H3,(H,18,19). The Morgan fingerprint density at radius 2 is 2.14 bits per heavy atom. The van der Waals surface area contributed by atoms with Crippen molar-refractivity contribution in [2.24, 2.45) is 5.92 Å². The Kier molecular flexibility index (Phi) is 6.65. The van der Waals surface area contributed by atoms with Gasteiger partial charge in [0.25, 0.3) is 5.69 Å². The molecule has 0 saturated carbocycles. The number of nitrogens with zero attached hydrogens (tertiary/aromatic N) is 1. The molecule has 2 N–H and O–H groups in total. The first-order valence-corrected chi connectivity index (χ1v) is 7.25. The number of nitro benzene ring substituents is 1. The van der Waals surface area contributed by atoms with Crippen LogP contribution in [0.2, 0.25) is 0 Å². The van der Waals surface area contributed by atoms with Gasteiger partial charge in [0.05, 0.1) is 4.92 Å². The highest BCUT2D eigenvalue weighted by molar-refractivity contribution is 5.93. The Balaban J connectivity index is 2.78. The smallest absolute Gasteiger partial charge is 0.342 e. The number of aromatic carboxylic acids is 1. The molecule has 0 aliphatic rings. The van der Waals surface area contributed by atoms with Crippen molar-refractivity contribution >= 4 is 17.3 Å². The Bertz CT molecular complexity index is 502. The molecule has 1 unspecified atom stereocenters. The first kappa shape index (κ1) is 16.9. The molecule has 1 aromatic rings. The van der Waals surface area contributed by atoms with Gasteiger partial charge < -0.3 is 10.4 Å². The van der Waals surface area contributed by atoms with Crippen LogP contribution in [0, 0.1) is 16.0 Å². The average molecular weight is 294 g/mol. The number of carboxylic acids is 1. The van der Waals surface area contributed by atoms with E-state index < -0.39 is 10.9 Å². The predicted molar refractivity (Wildman–Crippen MR) is 81.9 cm³/mol. The third kappa shape index (κ3) is 5.06. The summed E-state index contributed by atoms with van der Waals surface area (Å²) in [5.74, 6) is -0.772. The first-order valence-electron chi connectivity index (χ1n) is 7.25. The van der Waals surface area contributed by atoms with E-state index in [1.807, 2.05) is 0 Å². The van der Waals surface area contributed by atoms with Gasteiger partial charge in [0.1, 0.15) is 5.56 Å². The number of nitro groups is 1. The highest BCUT2D eigenvalue weighted by Gasteiger charge is 2.20. The molecule has 1 atom stereocenters. The summed E-state index contributed by atoms with van der Waals surface area (Å²) in [7, 11) is 0. The minimum Gasteiger partial charge on any atom is -0.477 e. The molecule has 0 aromatic heterocycles. The third-order valence-corrected chi connectivity index (χ3v) is 3.56. The van der Waals surface area contributed by atoms with Crippen LogP contribution in [0.5, 0.6) is 0 Å². The summed E-state index contributed by atoms with van der Waals surface area (Å²) in [5, 5.41) is 23.0. The first-order chi connectivity index (χ1) is 9.99. The van der Waals surface area contributed by atoms with Crippen LogP contribution in [-0.4, -0.2) is 22.5 Å². The number of anilines is 1. The quantitative estimate of drug-likeness (QED) is 0.532. The summed E-state index contributed by atoms with van der Waals surface area (Å²) in [6, 6.07) is 4.13. The van der Waals surface area contributed by atoms with Crippen LogP contribution in [0.25, 0.3) is 0 Å². The molecule has 21 heavy (non-hydrogen) atoms. The normalized spacial score (nSPS) is 11.9. The molecule has 0 fully saturated rings. The Morgan fingerprint density at radius 3 is 2.67 bits per heavy atom. The predicted octanol–water partition coefficient (Wildman–Crippen LogP) is 3.92. The van der Waals surface area contributed by atoms with Crippen molar-refractivity contribution < 1.29 is 14.8 Å². The van der Waals surface area contributed by atoms with Crippen LogP contribution in [-0.2, 0) is 0 Å². The highest BCUT2D eigenvalue weighted by atomic mass is 16.6. The van der Waals surface area contributed by atoms with Gasteiger partial charge in [0, 0.05) is 18.3 Å². The lowest BCUT2D eigenvalue weighted by Gasteiger charge is -2.16. The van der Waals surface area contributed by atoms with E-state index in [1.54, 1.807) is 6.07 Å². The fraction of sp³-hybridized carbons (Fsp3) is 0.533. The van der Waals surface area contributed by atoms with E-state index in [1.165, 1.54) is 12.1 Å². The Labute approximate surface area is 124 Å². The largest absolute Gasteiger partial charge is 0.477 e. The van der Waals surface area contributed by atoms with E-state index in [4.69, 9.17) is 5.11 Å². The van der Waals surface area contributed by atoms with Crippen LogP contribution in [0.15, 0.2) is 18.2 Å². The molecule has 0 spiro atoms. The molecule has 0 aliphatic heterocycles. The minimum absolute atomic E-state index is 0.288. The molecule has 0 radical (unpaired) electrons. The van der Waals surface area contributed by atoms with Gasteiger partial charge in [0.2, 0.25) is 0 Å². The lowest BCUT2D eigenvalue weighted by Crippen LogP contribution is -2.14. The van der Waals surface area contributed by atoms with Crippen molar-refractivity contribution in [3.63, 3.8) is 0 Å². The van der Waals surface area contributed by atoms with Crippen molar-refractivity contribution in [3.05, 3.63) is 33.9 Å². The number of rotatable bonds is 9. The molecule has 0 saturated heterocycles. The van der Waals surface area contributed by atoms with Crippen LogP contribution in [0.4, 0.5) is 11.4 Å². The lowest BCUT2D eigenvalue weighted by molar-refractivity contribution is -0.385. The zero-order valence-corrected chi connectivity index (χ0v) is 12.5. The molecule has 0 heterocycles. The summed E-state index contributed by atoms with van der Waals surface area (Å²) < 4.78 is 0. The van der Waals surface area contributed by atoms with Crippen molar-refractivity contribution in [3.8, 4) is 0 Å². The fourth-order valence-electron chi connectivity index (χ4n) is 2.18. The van der Waals surface area contributed by atoms with Crippen molar-refractivity contribution in [2.45, 2.75) is 39.5 Å². The maximum absolute atomic E-state index is 10.9. The van der Waals surface area contributed by atoms with Gasteiger partial charge in [-0.3, -0.25) is 10.1 Å². The number of nitrogens with one attached hydrogen (secondary N) is 1. The average Bonchev–Trinajstić information content (AvgIpc) is 2.47. The second-order valence-electron chi connectivity index (χ2n) is 5.09. The number of carboxylic acid groups (broad SMARTS) is 1. The molecular weight excluding hydrogens is 272 g/mol. The molecule has 0 bridgehead atoms. The number of unbranched alkanes of at least 4 members (excludes halogenated alkanes) is 1. The van der Waals surface area contributed by atoms with Crippen LogP contribution < -0.4 is 5.32 Å². The van der Waals surface area contributed by atoms with Gasteiger partial charge in [-0.2, -0.15) is 0 Å². The van der Waals surface area contributed by atoms with Crippen molar-refractivity contribution in [2.75, 3.05) is 11.9 Å². The molecule has 6 nitrogen and oxygen atoms in total. The maximum Gasteiger partial charge on any atom is 0.342 e. The summed E-state index contributed by atoms with van der Waals surface area (Å²) in [6.07, 6.45) is 4.48. The number of hydrogen-bond acceptors (Lipinski definition) is 4. The molecule has 1 aromatic carbocycles. The molecule has 116 valence electrons. The third-order valence-electron chi connectivity index (χ3n) is 3.56. The Morgan fingerprint density at radius 1 is 1.43 bits per heavy atom. The van der Waals surface area contributed by atoms with Crippen LogP contribution >= 0.6 is 0 Å². The van der Waals surface area contributed by atoms with Gasteiger partial charge in [-0.25, -0.2) is 4.79 Å². The number of hydrogen-bond donors (Lipinski definition) is 2. The van der Waals surface area contributed by atoms with E-state index >= 15 is 0 Å². The maximum atomic E-state index is 10.9. The zero-order valence-electron chi connectivity index (χ0n) is 12.5. The summed E-state index contributed by atoms with van der Waals surface area (Å²) in [6.45, 7) is 5.01. The Hall–Kier alpha value is -2.11. The number of benzene rings is 1. The SMILES string of the molecule is CCCCC(CC)CNc1ccc(C(=O)O)c([N+](=O)[O-])c1. The zero-order chi connectivity index (χ0) is 15.8. The van der Waals surface area contributed by atoms with E-state index in [2.05, 4.69) is 19.2 Å². The fourth-order valence-corrected chi connectivity index (χ4v) is 2.18. The van der Waals surface area contributed by atoms with Gasteiger partial charge in [0.15, 0.2) is 0 Å². The van der Waals surface area contributed by atoms with Gasteiger partial charge >= 0.3 is 5.97 Å². The molecule has 1 rings (SSSR count). The van der Waals surface area contributed by atoms with Crippen molar-refractivity contribution in [1.29, 1.82) is 0 Å². The topological polar surface area (TPSA) is 92.5 Å². The van der Waals surface area contributed by atoms with Crippen molar-refractivity contribution in [1.82, 2.24) is 0 Å². The lowest BCUT2D eigenvalue weighted by atomic mass is 9.99. The van der Waals surface area contributed by atoms with E-state index in [-0.39, 0.29) is 11.3 Å². The summed E-state index contributed by atoms with van der Waals surface area (Å²) >= 11 is 0. The van der Waals surface area contributed by atoms with Gasteiger partial charge in [-0.05, 0) is 24.5 Å². The van der Waals surface area contributed by atoms with E-state index in [0.29, 0.717) is 11.6 Å². The number of carbonyl (C=O) groups is 1. The molecule has 0 aliphatic carbocycles. The molecular formula is C15H22N2O4. The second kappa shape index (κ2) is 8.24. The van der Waals surface area contributed by atoms with E-state index in [0.717, 1.165) is 32.2 Å². The highest BCUT2D eigenvalue weighted by Crippen LogP contribution is 2.24. The summed E-state index contributed by atoms with van der Waals surface area (Å²) in [4.78, 5) is 21.2. The minimum atomic E-state index is -1.29.